The van der Waals surface area contributed by atoms with Crippen LogP contribution in [-0.4, -0.2) is 42.3 Å². The number of H-pyrrole nitrogens is 1. The largest absolute Gasteiger partial charge is 0.508 e. The predicted molar refractivity (Wildman–Crippen MR) is 144 cm³/mol. The van der Waals surface area contributed by atoms with E-state index in [-0.39, 0.29) is 22.7 Å². The molecule has 5 rings (SSSR count). The number of benzene rings is 1. The van der Waals surface area contributed by atoms with Crippen LogP contribution in [0.1, 0.15) is 51.7 Å². The van der Waals surface area contributed by atoms with Gasteiger partial charge >= 0.3 is 0 Å². The summed E-state index contributed by atoms with van der Waals surface area (Å²) in [7, 11) is 0. The monoisotopic (exact) mass is 486 g/mol. The lowest BCUT2D eigenvalue weighted by atomic mass is 9.75. The van der Waals surface area contributed by atoms with Gasteiger partial charge in [0.15, 0.2) is 0 Å². The molecular weight excluding hydrogens is 452 g/mol. The minimum Gasteiger partial charge on any atom is -0.508 e. The molecule has 3 heterocycles. The van der Waals surface area contributed by atoms with Gasteiger partial charge in [-0.3, -0.25) is 5.10 Å². The average Bonchev–Trinajstić information content (AvgIpc) is 3.55. The van der Waals surface area contributed by atoms with E-state index in [4.69, 9.17) is 16.5 Å². The van der Waals surface area contributed by atoms with E-state index < -0.39 is 0 Å². The first-order valence-electron chi connectivity index (χ1n) is 12.3. The molecule has 2 atom stereocenters. The minimum atomic E-state index is -0.293. The van der Waals surface area contributed by atoms with Crippen molar-refractivity contribution in [1.82, 2.24) is 19.8 Å². The second-order valence-electron chi connectivity index (χ2n) is 10.5. The molecule has 0 spiro atoms. The van der Waals surface area contributed by atoms with Crippen molar-refractivity contribution in [3.8, 4) is 17.0 Å². The molecule has 3 aromatic heterocycles. The van der Waals surface area contributed by atoms with Crippen LogP contribution < -0.4 is 16.8 Å². The normalized spacial score (nSPS) is 21.8. The summed E-state index contributed by atoms with van der Waals surface area (Å²) in [6, 6.07) is 9.26. The molecule has 0 amide bonds. The summed E-state index contributed by atoms with van der Waals surface area (Å²) in [4.78, 5) is 4.76. The summed E-state index contributed by atoms with van der Waals surface area (Å²) in [5, 5.41) is 25.4. The molecule has 4 aromatic rings. The molecule has 1 aromatic carbocycles. The van der Waals surface area contributed by atoms with Crippen molar-refractivity contribution in [2.24, 2.45) is 21.9 Å². The van der Waals surface area contributed by atoms with E-state index in [1.54, 1.807) is 30.6 Å². The number of nitrogens with zero attached hydrogens (tertiary/aromatic N) is 4. The Hall–Kier alpha value is -3.85. The molecular formula is C27H34N8O. The first-order valence-corrected chi connectivity index (χ1v) is 12.3. The Kier molecular flexibility index (Phi) is 5.75. The topological polar surface area (TPSA) is 143 Å². The van der Waals surface area contributed by atoms with Gasteiger partial charge in [0, 0.05) is 35.0 Å². The van der Waals surface area contributed by atoms with Crippen LogP contribution in [0, 0.1) is 5.41 Å². The second-order valence-corrected chi connectivity index (χ2v) is 10.5. The second kappa shape index (κ2) is 8.67. The fourth-order valence-electron chi connectivity index (χ4n) is 5.07. The van der Waals surface area contributed by atoms with Crippen LogP contribution in [0.15, 0.2) is 53.9 Å². The Balaban J connectivity index is 1.65. The molecule has 0 saturated heterocycles. The number of aromatic hydroxyl groups is 1. The van der Waals surface area contributed by atoms with Crippen molar-refractivity contribution in [2.75, 3.05) is 5.32 Å². The third kappa shape index (κ3) is 3.99. The molecule has 1 fully saturated rings. The van der Waals surface area contributed by atoms with Gasteiger partial charge in [-0.1, -0.05) is 20.8 Å². The number of amidine groups is 1. The summed E-state index contributed by atoms with van der Waals surface area (Å²) < 4.78 is 1.84. The number of phenolic OH excluding ortho intramolecular Hbond substituents is 1. The van der Waals surface area contributed by atoms with Crippen LogP contribution in [0.4, 0.5) is 11.4 Å². The number of aliphatic imine (C=N–C) groups is 1. The number of nitrogens with two attached hydrogens (primary N) is 2. The number of aromatic nitrogens is 4. The molecule has 0 bridgehead atoms. The highest BCUT2D eigenvalue weighted by Gasteiger charge is 2.49. The van der Waals surface area contributed by atoms with E-state index in [0.717, 1.165) is 53.0 Å². The predicted octanol–water partition coefficient (Wildman–Crippen LogP) is 4.35. The Bertz CT molecular complexity index is 1430. The standard InChI is InChI=1S/C27H34N8O/c1-5-16-12-18(36)6-7-20(16)32-25(28)19-14-31-35-15-17(21-9-11-30-34-21)13-22(35)24(19)33-23-8-10-27(4,29)26(23,2)3/h6-7,9,11-15,23,33,36H,5,8,10,29H2,1-4H3,(H2,28,32)(H,30,34)/t23-,27+/m1/s1. The smallest absolute Gasteiger partial charge is 0.135 e. The van der Waals surface area contributed by atoms with E-state index in [0.29, 0.717) is 11.4 Å². The molecule has 0 aliphatic heterocycles. The maximum absolute atomic E-state index is 9.89. The highest BCUT2D eigenvalue weighted by Crippen LogP contribution is 2.46. The lowest BCUT2D eigenvalue weighted by molar-refractivity contribution is 0.215. The molecule has 9 nitrogen and oxygen atoms in total. The van der Waals surface area contributed by atoms with Gasteiger partial charge < -0.3 is 21.9 Å². The number of hydrogen-bond donors (Lipinski definition) is 5. The van der Waals surface area contributed by atoms with Crippen LogP contribution in [0.3, 0.4) is 0 Å². The Morgan fingerprint density at radius 2 is 2.08 bits per heavy atom. The van der Waals surface area contributed by atoms with Gasteiger partial charge in [0.05, 0.1) is 34.3 Å². The first-order chi connectivity index (χ1) is 17.1. The number of phenols is 1. The molecule has 188 valence electrons. The zero-order valence-electron chi connectivity index (χ0n) is 21.2. The van der Waals surface area contributed by atoms with Gasteiger partial charge in [0.1, 0.15) is 11.6 Å². The highest BCUT2D eigenvalue weighted by atomic mass is 16.3. The minimum absolute atomic E-state index is 0.135. The van der Waals surface area contributed by atoms with E-state index >= 15 is 0 Å². The van der Waals surface area contributed by atoms with Gasteiger partial charge in [-0.25, -0.2) is 9.51 Å². The van der Waals surface area contributed by atoms with Crippen molar-refractivity contribution < 1.29 is 5.11 Å². The fraction of sp³-hybridized carbons (Fsp3) is 0.370. The number of nitrogens with one attached hydrogen (secondary N) is 2. The van der Waals surface area contributed by atoms with E-state index in [9.17, 15) is 5.11 Å². The summed E-state index contributed by atoms with van der Waals surface area (Å²) in [6.45, 7) is 8.57. The van der Waals surface area contributed by atoms with Crippen molar-refractivity contribution in [3.63, 3.8) is 0 Å². The molecule has 9 heteroatoms. The van der Waals surface area contributed by atoms with Crippen molar-refractivity contribution in [1.29, 1.82) is 0 Å². The Morgan fingerprint density at radius 3 is 2.75 bits per heavy atom. The zero-order valence-corrected chi connectivity index (χ0v) is 21.2. The maximum Gasteiger partial charge on any atom is 0.135 e. The molecule has 1 aliphatic carbocycles. The summed E-state index contributed by atoms with van der Waals surface area (Å²) in [5.41, 5.74) is 18.9. The number of fused-ring (bicyclic) bond motifs is 1. The molecule has 36 heavy (non-hydrogen) atoms. The third-order valence-corrected chi connectivity index (χ3v) is 8.02. The quantitative estimate of drug-likeness (QED) is 0.203. The number of aromatic amines is 1. The number of anilines is 1. The molecule has 0 unspecified atom stereocenters. The van der Waals surface area contributed by atoms with Gasteiger partial charge in [0.2, 0.25) is 0 Å². The van der Waals surface area contributed by atoms with Crippen molar-refractivity contribution in [2.45, 2.75) is 58.5 Å². The zero-order chi connectivity index (χ0) is 25.7. The van der Waals surface area contributed by atoms with Gasteiger partial charge in [-0.05, 0) is 62.1 Å². The van der Waals surface area contributed by atoms with Crippen LogP contribution in [0.5, 0.6) is 5.75 Å². The van der Waals surface area contributed by atoms with Crippen LogP contribution in [0.2, 0.25) is 0 Å². The van der Waals surface area contributed by atoms with Gasteiger partial charge in [-0.15, -0.1) is 0 Å². The van der Waals surface area contributed by atoms with E-state index in [1.807, 2.05) is 23.7 Å². The lowest BCUT2D eigenvalue weighted by Gasteiger charge is -2.39. The van der Waals surface area contributed by atoms with E-state index in [1.165, 1.54) is 0 Å². The van der Waals surface area contributed by atoms with Gasteiger partial charge in [0.25, 0.3) is 0 Å². The van der Waals surface area contributed by atoms with Crippen molar-refractivity contribution in [3.05, 3.63) is 60.0 Å². The Labute approximate surface area is 210 Å². The third-order valence-electron chi connectivity index (χ3n) is 8.02. The van der Waals surface area contributed by atoms with Crippen LogP contribution >= 0.6 is 0 Å². The summed E-state index contributed by atoms with van der Waals surface area (Å²) >= 11 is 0. The number of rotatable bonds is 6. The maximum atomic E-state index is 9.89. The number of hydrogen-bond acceptors (Lipinski definition) is 6. The summed E-state index contributed by atoms with van der Waals surface area (Å²) in [5.74, 6) is 0.561. The lowest BCUT2D eigenvalue weighted by Crippen LogP contribution is -2.51. The molecule has 7 N–H and O–H groups in total. The fourth-order valence-corrected chi connectivity index (χ4v) is 5.07. The summed E-state index contributed by atoms with van der Waals surface area (Å²) in [6.07, 6.45) is 8.03. The van der Waals surface area contributed by atoms with Gasteiger partial charge in [-0.2, -0.15) is 10.2 Å². The van der Waals surface area contributed by atoms with Crippen LogP contribution in [0.25, 0.3) is 16.8 Å². The highest BCUT2D eigenvalue weighted by molar-refractivity contribution is 6.06. The average molecular weight is 487 g/mol. The molecule has 0 radical (unpaired) electrons. The first kappa shape index (κ1) is 23.9. The van der Waals surface area contributed by atoms with E-state index in [2.05, 4.69) is 47.5 Å². The molecule has 1 aliphatic rings. The number of aryl methyl sites for hydroxylation is 1. The van der Waals surface area contributed by atoms with Crippen molar-refractivity contribution >= 4 is 22.7 Å². The Morgan fingerprint density at radius 1 is 1.28 bits per heavy atom. The molecule has 1 saturated carbocycles. The van der Waals surface area contributed by atoms with Crippen LogP contribution in [-0.2, 0) is 6.42 Å². The SMILES string of the molecule is CCc1cc(O)ccc1N=C(N)c1cnn2cc(-c3ccn[nH]3)cc2c1N[C@@H]1CC[C@](C)(N)C1(C)C.